The fraction of sp³-hybridized carbons (Fsp3) is 0.111. The number of nitrogens with two attached hydrogens (primary N) is 1. The summed E-state index contributed by atoms with van der Waals surface area (Å²) in [6.45, 7) is 1.89. The van der Waals surface area contributed by atoms with Crippen molar-refractivity contribution in [3.8, 4) is 27.3 Å². The molecule has 0 atom stereocenters. The average molecular weight is 536 g/mol. The van der Waals surface area contributed by atoms with Crippen molar-refractivity contribution in [3.05, 3.63) is 83.1 Å². The number of nitrogens with one attached hydrogen (secondary N) is 1. The van der Waals surface area contributed by atoms with E-state index in [0.29, 0.717) is 33.3 Å². The number of halogens is 3. The lowest BCUT2D eigenvalue weighted by molar-refractivity contribution is -0.137. The van der Waals surface area contributed by atoms with Crippen LogP contribution in [0.15, 0.2) is 66.4 Å². The highest BCUT2D eigenvalue weighted by molar-refractivity contribution is 7.13. The van der Waals surface area contributed by atoms with Crippen molar-refractivity contribution in [1.82, 2.24) is 15.0 Å². The van der Waals surface area contributed by atoms with Gasteiger partial charge >= 0.3 is 6.18 Å². The van der Waals surface area contributed by atoms with Crippen molar-refractivity contribution < 1.29 is 22.7 Å². The Morgan fingerprint density at radius 1 is 1.08 bits per heavy atom. The van der Waals surface area contributed by atoms with Gasteiger partial charge in [0.2, 0.25) is 5.95 Å². The van der Waals surface area contributed by atoms with Crippen LogP contribution in [0.3, 0.4) is 0 Å². The lowest BCUT2D eigenvalue weighted by Gasteiger charge is -2.18. The van der Waals surface area contributed by atoms with E-state index in [0.717, 1.165) is 22.6 Å². The maximum Gasteiger partial charge on any atom is 0.416 e. The third-order valence-corrected chi connectivity index (χ3v) is 6.76. The second-order valence-electron chi connectivity index (χ2n) is 8.43. The average Bonchev–Trinajstić information content (AvgIpc) is 3.42. The Bertz CT molecular complexity index is 1670. The van der Waals surface area contributed by atoms with Gasteiger partial charge in [0.05, 0.1) is 34.1 Å². The molecule has 192 valence electrons. The number of aryl methyl sites for hydroxylation is 1. The molecule has 0 saturated heterocycles. The van der Waals surface area contributed by atoms with Crippen LogP contribution >= 0.6 is 11.3 Å². The van der Waals surface area contributed by atoms with Crippen LogP contribution in [0.1, 0.15) is 21.5 Å². The number of nitrogen functional groups attached to an aromatic ring is 1. The van der Waals surface area contributed by atoms with E-state index in [-0.39, 0.29) is 17.2 Å². The Labute approximate surface area is 219 Å². The summed E-state index contributed by atoms with van der Waals surface area (Å²) in [7, 11) is 1.54. The largest absolute Gasteiger partial charge is 0.495 e. The first-order valence-corrected chi connectivity index (χ1v) is 12.2. The molecule has 0 saturated carbocycles. The Balaban J connectivity index is 1.62. The van der Waals surface area contributed by atoms with E-state index >= 15 is 0 Å². The van der Waals surface area contributed by atoms with Crippen molar-refractivity contribution >= 4 is 39.8 Å². The molecule has 1 amide bonds. The number of nitrogens with zero attached hydrogens (tertiary/aromatic N) is 3. The highest BCUT2D eigenvalue weighted by Gasteiger charge is 2.30. The van der Waals surface area contributed by atoms with E-state index in [1.54, 1.807) is 43.2 Å². The van der Waals surface area contributed by atoms with Crippen LogP contribution in [-0.4, -0.2) is 28.0 Å². The number of ether oxygens (including phenoxy) is 1. The molecule has 0 unspecified atom stereocenters. The van der Waals surface area contributed by atoms with Gasteiger partial charge in [-0.1, -0.05) is 12.1 Å². The summed E-state index contributed by atoms with van der Waals surface area (Å²) in [5.41, 5.74) is 10.5. The molecule has 5 aromatic rings. The number of thiazole rings is 1. The van der Waals surface area contributed by atoms with Gasteiger partial charge in [-0.2, -0.15) is 13.2 Å². The third kappa shape index (κ3) is 4.75. The standard InChI is InChI=1S/C27H20F3N5O2S/c1-14-6-7-15(25(36)34-18-5-3-4-17(10-18)27(28,29)30)8-19(14)20-9-16-11-33-26(31)35-23(16)22(24(20)37-2)21-12-32-13-38-21/h3-13H,1-2H3,(H,34,36)(H2,31,33,35). The van der Waals surface area contributed by atoms with Crippen molar-refractivity contribution in [3.63, 3.8) is 0 Å². The van der Waals surface area contributed by atoms with Crippen LogP contribution in [0.2, 0.25) is 0 Å². The van der Waals surface area contributed by atoms with Gasteiger partial charge in [-0.25, -0.2) is 9.97 Å². The number of fused-ring (bicyclic) bond motifs is 1. The highest BCUT2D eigenvalue weighted by atomic mass is 32.1. The highest BCUT2D eigenvalue weighted by Crippen LogP contribution is 2.45. The summed E-state index contributed by atoms with van der Waals surface area (Å²) >= 11 is 1.41. The molecule has 0 fully saturated rings. The quantitative estimate of drug-likeness (QED) is 0.263. The molecule has 5 rings (SSSR count). The van der Waals surface area contributed by atoms with Crippen LogP contribution in [-0.2, 0) is 6.18 Å². The molecule has 38 heavy (non-hydrogen) atoms. The Hall–Kier alpha value is -4.51. The van der Waals surface area contributed by atoms with Crippen LogP contribution < -0.4 is 15.8 Å². The molecule has 0 aliphatic carbocycles. The van der Waals surface area contributed by atoms with Gasteiger partial charge < -0.3 is 15.8 Å². The van der Waals surface area contributed by atoms with Crippen molar-refractivity contribution in [2.45, 2.75) is 13.1 Å². The predicted molar refractivity (Wildman–Crippen MR) is 141 cm³/mol. The van der Waals surface area contributed by atoms with Crippen molar-refractivity contribution in [1.29, 1.82) is 0 Å². The predicted octanol–water partition coefficient (Wildman–Crippen LogP) is 6.59. The van der Waals surface area contributed by atoms with Gasteiger partial charge in [-0.15, -0.1) is 11.3 Å². The number of amides is 1. The SMILES string of the molecule is COc1c(-c2cc(C(=O)Nc3cccc(C(F)(F)F)c3)ccc2C)cc2cnc(N)nc2c1-c1cncs1. The molecule has 3 N–H and O–H groups in total. The molecular weight excluding hydrogens is 515 g/mol. The number of carbonyl (C=O) groups excluding carboxylic acids is 1. The maximum absolute atomic E-state index is 13.1. The molecule has 0 radical (unpaired) electrons. The minimum absolute atomic E-state index is 0.0393. The molecular formula is C27H20F3N5O2S. The van der Waals surface area contributed by atoms with Crippen LogP contribution in [0, 0.1) is 6.92 Å². The molecule has 0 aliphatic heterocycles. The number of rotatable bonds is 5. The molecule has 0 bridgehead atoms. The minimum atomic E-state index is -4.52. The van der Waals surface area contributed by atoms with Crippen LogP contribution in [0.5, 0.6) is 5.75 Å². The minimum Gasteiger partial charge on any atom is -0.495 e. The van der Waals surface area contributed by atoms with Crippen LogP contribution in [0.25, 0.3) is 32.5 Å². The summed E-state index contributed by atoms with van der Waals surface area (Å²) in [6, 6.07) is 11.4. The third-order valence-electron chi connectivity index (χ3n) is 5.96. The summed E-state index contributed by atoms with van der Waals surface area (Å²) in [5, 5.41) is 3.26. The Morgan fingerprint density at radius 3 is 2.61 bits per heavy atom. The van der Waals surface area contributed by atoms with E-state index in [9.17, 15) is 18.0 Å². The van der Waals surface area contributed by atoms with Gasteiger partial charge in [-0.05, 0) is 54.4 Å². The first-order chi connectivity index (χ1) is 18.2. The molecule has 2 heterocycles. The number of hydrogen-bond donors (Lipinski definition) is 2. The number of aromatic nitrogens is 3. The monoisotopic (exact) mass is 535 g/mol. The first-order valence-electron chi connectivity index (χ1n) is 11.3. The lowest BCUT2D eigenvalue weighted by atomic mass is 9.93. The Kier molecular flexibility index (Phi) is 6.45. The Morgan fingerprint density at radius 2 is 1.89 bits per heavy atom. The zero-order chi connectivity index (χ0) is 27.0. The van der Waals surface area contributed by atoms with E-state index in [1.807, 2.05) is 13.0 Å². The van der Waals surface area contributed by atoms with E-state index in [4.69, 9.17) is 10.5 Å². The molecule has 11 heteroatoms. The van der Waals surface area contributed by atoms with Crippen LogP contribution in [0.4, 0.5) is 24.8 Å². The topological polar surface area (TPSA) is 103 Å². The van der Waals surface area contributed by atoms with Gasteiger partial charge in [-0.3, -0.25) is 9.78 Å². The van der Waals surface area contributed by atoms with Gasteiger partial charge in [0.1, 0.15) is 5.75 Å². The smallest absolute Gasteiger partial charge is 0.416 e. The lowest BCUT2D eigenvalue weighted by Crippen LogP contribution is -2.13. The van der Waals surface area contributed by atoms with Crippen molar-refractivity contribution in [2.24, 2.45) is 0 Å². The number of carbonyl (C=O) groups is 1. The van der Waals surface area contributed by atoms with E-state index < -0.39 is 17.6 Å². The second-order valence-corrected chi connectivity index (χ2v) is 9.31. The van der Waals surface area contributed by atoms with Gasteiger partial charge in [0.25, 0.3) is 5.91 Å². The summed E-state index contributed by atoms with van der Waals surface area (Å²) in [6.07, 6.45) is -1.20. The normalized spacial score (nSPS) is 11.5. The molecule has 2 aromatic heterocycles. The molecule has 0 spiro atoms. The number of anilines is 2. The second kappa shape index (κ2) is 9.75. The molecule has 7 nitrogen and oxygen atoms in total. The molecule has 0 aliphatic rings. The van der Waals surface area contributed by atoms with Gasteiger partial charge in [0.15, 0.2) is 0 Å². The zero-order valence-electron chi connectivity index (χ0n) is 20.1. The van der Waals surface area contributed by atoms with E-state index in [1.165, 1.54) is 23.5 Å². The number of hydrogen-bond acceptors (Lipinski definition) is 7. The first kappa shape index (κ1) is 25.2. The number of methoxy groups -OCH3 is 1. The zero-order valence-corrected chi connectivity index (χ0v) is 20.9. The van der Waals surface area contributed by atoms with E-state index in [2.05, 4.69) is 20.3 Å². The maximum atomic E-state index is 13.1. The number of benzene rings is 3. The summed E-state index contributed by atoms with van der Waals surface area (Å²) in [4.78, 5) is 26.6. The summed E-state index contributed by atoms with van der Waals surface area (Å²) < 4.78 is 45.2. The fourth-order valence-corrected chi connectivity index (χ4v) is 4.85. The molecule has 3 aromatic carbocycles. The number of alkyl halides is 3. The van der Waals surface area contributed by atoms with Gasteiger partial charge in [0, 0.05) is 34.6 Å². The fourth-order valence-electron chi connectivity index (χ4n) is 4.18. The summed E-state index contributed by atoms with van der Waals surface area (Å²) in [5.74, 6) is 0.0741. The van der Waals surface area contributed by atoms with Crippen molar-refractivity contribution in [2.75, 3.05) is 18.2 Å².